The molecule has 0 bridgehead atoms. The van der Waals surface area contributed by atoms with Crippen molar-refractivity contribution in [3.8, 4) is 11.5 Å². The lowest BCUT2D eigenvalue weighted by Crippen LogP contribution is -2.43. The van der Waals surface area contributed by atoms with Crippen LogP contribution >= 0.6 is 11.6 Å². The van der Waals surface area contributed by atoms with E-state index in [0.717, 1.165) is 5.56 Å². The summed E-state index contributed by atoms with van der Waals surface area (Å²) in [6.07, 6.45) is 0. The molecule has 0 radical (unpaired) electrons. The van der Waals surface area contributed by atoms with Gasteiger partial charge < -0.3 is 9.47 Å². The molecule has 0 aromatic heterocycles. The minimum Gasteiger partial charge on any atom is -0.488 e. The summed E-state index contributed by atoms with van der Waals surface area (Å²) in [6, 6.07) is 22.9. The quantitative estimate of drug-likeness (QED) is 0.581. The molecule has 148 valence electrons. The first-order valence-electron chi connectivity index (χ1n) is 8.85. The van der Waals surface area contributed by atoms with Crippen LogP contribution in [-0.4, -0.2) is 18.4 Å². The smallest absolute Gasteiger partial charge is 0.276 e. The fourth-order valence-corrected chi connectivity index (χ4v) is 2.54. The number of carbonyl (C=O) groups is 2. The molecule has 3 rings (SSSR count). The molecule has 29 heavy (non-hydrogen) atoms. The van der Waals surface area contributed by atoms with Crippen LogP contribution in [0.4, 0.5) is 0 Å². The van der Waals surface area contributed by atoms with Gasteiger partial charge in [0.2, 0.25) is 0 Å². The Hall–Kier alpha value is -3.51. The van der Waals surface area contributed by atoms with Crippen LogP contribution in [0.15, 0.2) is 78.9 Å². The molecule has 3 aromatic carbocycles. The van der Waals surface area contributed by atoms with E-state index >= 15 is 0 Å². The lowest BCUT2D eigenvalue weighted by molar-refractivity contribution is -0.123. The van der Waals surface area contributed by atoms with E-state index in [1.165, 1.54) is 0 Å². The molecule has 2 amide bonds. The Morgan fingerprint density at radius 1 is 0.793 bits per heavy atom. The second kappa shape index (κ2) is 10.1. The van der Waals surface area contributed by atoms with Gasteiger partial charge in [0.15, 0.2) is 6.61 Å². The normalized spacial score (nSPS) is 10.1. The third-order valence-corrected chi connectivity index (χ3v) is 4.12. The van der Waals surface area contributed by atoms with E-state index in [2.05, 4.69) is 10.9 Å². The summed E-state index contributed by atoms with van der Waals surface area (Å²) in [4.78, 5) is 24.3. The Kier molecular flexibility index (Phi) is 7.08. The third-order valence-electron chi connectivity index (χ3n) is 3.87. The van der Waals surface area contributed by atoms with Crippen molar-refractivity contribution in [1.29, 1.82) is 0 Å². The number of hydrogen-bond donors (Lipinski definition) is 2. The number of rotatable bonds is 7. The van der Waals surface area contributed by atoms with Crippen molar-refractivity contribution in [1.82, 2.24) is 10.9 Å². The molecule has 0 aliphatic heterocycles. The average molecular weight is 411 g/mol. The number of halogens is 1. The first-order chi connectivity index (χ1) is 14.1. The van der Waals surface area contributed by atoms with Gasteiger partial charge in [-0.2, -0.15) is 0 Å². The van der Waals surface area contributed by atoms with Crippen molar-refractivity contribution in [2.45, 2.75) is 6.61 Å². The Bertz CT molecular complexity index is 962. The lowest BCUT2D eigenvalue weighted by atomic mass is 10.2. The van der Waals surface area contributed by atoms with Gasteiger partial charge in [-0.1, -0.05) is 54.1 Å². The topological polar surface area (TPSA) is 76.7 Å². The number of benzene rings is 3. The zero-order valence-electron chi connectivity index (χ0n) is 15.4. The first-order valence-corrected chi connectivity index (χ1v) is 9.23. The molecule has 3 aromatic rings. The Morgan fingerprint density at radius 3 is 2.24 bits per heavy atom. The van der Waals surface area contributed by atoms with Gasteiger partial charge in [-0.05, 0) is 42.0 Å². The summed E-state index contributed by atoms with van der Waals surface area (Å²) < 4.78 is 11.1. The molecule has 0 atom stereocenters. The maximum atomic E-state index is 12.4. The summed E-state index contributed by atoms with van der Waals surface area (Å²) in [5.41, 5.74) is 5.90. The predicted octanol–water partition coefficient (Wildman–Crippen LogP) is 3.76. The first kappa shape index (κ1) is 20.2. The number of nitrogens with one attached hydrogen (secondary N) is 2. The van der Waals surface area contributed by atoms with Gasteiger partial charge in [0.1, 0.15) is 18.1 Å². The van der Waals surface area contributed by atoms with E-state index in [1.54, 1.807) is 60.7 Å². The molecule has 6 nitrogen and oxygen atoms in total. The second-order valence-corrected chi connectivity index (χ2v) is 6.45. The van der Waals surface area contributed by atoms with E-state index in [1.807, 2.05) is 18.2 Å². The summed E-state index contributed by atoms with van der Waals surface area (Å²) in [5, 5.41) is 0.639. The summed E-state index contributed by atoms with van der Waals surface area (Å²) in [6.45, 7) is 0.0533. The van der Waals surface area contributed by atoms with Crippen LogP contribution in [0.2, 0.25) is 5.02 Å². The summed E-state index contributed by atoms with van der Waals surface area (Å²) in [7, 11) is 0. The highest BCUT2D eigenvalue weighted by Crippen LogP contribution is 2.20. The number of amides is 2. The van der Waals surface area contributed by atoms with Crippen molar-refractivity contribution in [2.24, 2.45) is 0 Å². The molecule has 0 spiro atoms. The van der Waals surface area contributed by atoms with Gasteiger partial charge >= 0.3 is 0 Å². The fourth-order valence-electron chi connectivity index (χ4n) is 2.42. The Morgan fingerprint density at radius 2 is 1.48 bits per heavy atom. The average Bonchev–Trinajstić information content (AvgIpc) is 2.76. The Labute approximate surface area is 173 Å². The van der Waals surface area contributed by atoms with Gasteiger partial charge in [-0.25, -0.2) is 0 Å². The highest BCUT2D eigenvalue weighted by molar-refractivity contribution is 6.30. The van der Waals surface area contributed by atoms with Gasteiger partial charge in [-0.3, -0.25) is 20.4 Å². The van der Waals surface area contributed by atoms with Gasteiger partial charge in [0, 0.05) is 5.02 Å². The van der Waals surface area contributed by atoms with Crippen LogP contribution in [0.5, 0.6) is 11.5 Å². The molecule has 0 saturated heterocycles. The van der Waals surface area contributed by atoms with Crippen molar-refractivity contribution < 1.29 is 19.1 Å². The van der Waals surface area contributed by atoms with Gasteiger partial charge in [0.05, 0.1) is 5.56 Å². The molecule has 7 heteroatoms. The molecule has 0 aliphatic rings. The highest BCUT2D eigenvalue weighted by atomic mass is 35.5. The fraction of sp³-hybridized carbons (Fsp3) is 0.0909. The Balaban J connectivity index is 1.52. The number of ether oxygens (including phenoxy) is 2. The van der Waals surface area contributed by atoms with Crippen molar-refractivity contribution >= 4 is 23.4 Å². The van der Waals surface area contributed by atoms with Crippen LogP contribution in [-0.2, 0) is 11.4 Å². The van der Waals surface area contributed by atoms with E-state index in [9.17, 15) is 9.59 Å². The minimum atomic E-state index is -0.496. The standard InChI is InChI=1S/C22H19ClN2O4/c23-17-12-10-16(11-13-17)14-29-20-9-5-4-8-19(20)22(27)25-24-21(26)15-28-18-6-2-1-3-7-18/h1-13H,14-15H2,(H,24,26)(H,25,27). The minimum absolute atomic E-state index is 0.223. The third kappa shape index (κ3) is 6.26. The molecule has 0 unspecified atom stereocenters. The van der Waals surface area contributed by atoms with Crippen molar-refractivity contribution in [3.63, 3.8) is 0 Å². The maximum Gasteiger partial charge on any atom is 0.276 e. The molecule has 0 saturated carbocycles. The zero-order valence-corrected chi connectivity index (χ0v) is 16.2. The summed E-state index contributed by atoms with van der Waals surface area (Å²) in [5.74, 6) is -0.0174. The second-order valence-electron chi connectivity index (χ2n) is 6.02. The van der Waals surface area contributed by atoms with E-state index in [0.29, 0.717) is 22.1 Å². The molecular weight excluding hydrogens is 392 g/mol. The van der Waals surface area contributed by atoms with E-state index < -0.39 is 11.8 Å². The zero-order chi connectivity index (χ0) is 20.5. The molecule has 2 N–H and O–H groups in total. The van der Waals surface area contributed by atoms with Gasteiger partial charge in [0.25, 0.3) is 11.8 Å². The molecule has 0 heterocycles. The number of para-hydroxylation sites is 2. The molecular formula is C22H19ClN2O4. The number of carbonyl (C=O) groups excluding carboxylic acids is 2. The SMILES string of the molecule is O=C(COc1ccccc1)NNC(=O)c1ccccc1OCc1ccc(Cl)cc1. The van der Waals surface area contributed by atoms with E-state index in [4.69, 9.17) is 21.1 Å². The summed E-state index contributed by atoms with van der Waals surface area (Å²) >= 11 is 5.88. The van der Waals surface area contributed by atoms with Crippen LogP contribution in [0.25, 0.3) is 0 Å². The van der Waals surface area contributed by atoms with Crippen LogP contribution in [0.1, 0.15) is 15.9 Å². The van der Waals surface area contributed by atoms with Gasteiger partial charge in [-0.15, -0.1) is 0 Å². The predicted molar refractivity (Wildman–Crippen MR) is 110 cm³/mol. The lowest BCUT2D eigenvalue weighted by Gasteiger charge is -2.12. The molecule has 0 aliphatic carbocycles. The van der Waals surface area contributed by atoms with Crippen LogP contribution in [0.3, 0.4) is 0 Å². The van der Waals surface area contributed by atoms with Crippen molar-refractivity contribution in [2.75, 3.05) is 6.61 Å². The monoisotopic (exact) mass is 410 g/mol. The van der Waals surface area contributed by atoms with E-state index in [-0.39, 0.29) is 13.2 Å². The van der Waals surface area contributed by atoms with Crippen LogP contribution in [0, 0.1) is 0 Å². The number of hydrazine groups is 1. The largest absolute Gasteiger partial charge is 0.488 e. The van der Waals surface area contributed by atoms with Crippen molar-refractivity contribution in [3.05, 3.63) is 95.0 Å². The number of hydrogen-bond acceptors (Lipinski definition) is 4. The maximum absolute atomic E-state index is 12.4. The molecule has 0 fully saturated rings. The van der Waals surface area contributed by atoms with Crippen LogP contribution < -0.4 is 20.3 Å². The highest BCUT2D eigenvalue weighted by Gasteiger charge is 2.13.